The van der Waals surface area contributed by atoms with Gasteiger partial charge in [0, 0.05) is 5.75 Å². The number of rotatable bonds is 3. The van der Waals surface area contributed by atoms with E-state index in [9.17, 15) is 8.42 Å². The molecule has 7 heteroatoms. The van der Waals surface area contributed by atoms with Crippen molar-refractivity contribution >= 4 is 27.0 Å². The molecule has 86 valence electrons. The van der Waals surface area contributed by atoms with Crippen LogP contribution in [0.2, 0.25) is 0 Å². The molecule has 0 fully saturated rings. The van der Waals surface area contributed by atoms with Crippen molar-refractivity contribution in [2.45, 2.75) is 4.90 Å². The van der Waals surface area contributed by atoms with Gasteiger partial charge in [0.05, 0.1) is 11.4 Å². The van der Waals surface area contributed by atoms with Gasteiger partial charge in [0.2, 0.25) is 0 Å². The molecule has 0 aromatic heterocycles. The lowest BCUT2D eigenvalue weighted by molar-refractivity contribution is 0.578. The molecular formula is C9H11N3O2S2. The van der Waals surface area contributed by atoms with E-state index in [0.29, 0.717) is 5.17 Å². The first-order valence-corrected chi connectivity index (χ1v) is 7.15. The summed E-state index contributed by atoms with van der Waals surface area (Å²) in [4.78, 5) is 6.59. The van der Waals surface area contributed by atoms with Crippen molar-refractivity contribution in [3.8, 4) is 0 Å². The molecule has 1 aliphatic rings. The number of nitrogens with one attached hydrogen (secondary N) is 2. The summed E-state index contributed by atoms with van der Waals surface area (Å²) in [7, 11) is -3.50. The normalized spacial score (nSPS) is 15.9. The van der Waals surface area contributed by atoms with Crippen molar-refractivity contribution in [2.24, 2.45) is 4.99 Å². The van der Waals surface area contributed by atoms with Crippen molar-refractivity contribution in [2.75, 3.05) is 12.3 Å². The molecular weight excluding hydrogens is 246 g/mol. The molecule has 0 atom stereocenters. The highest BCUT2D eigenvalue weighted by atomic mass is 32.2. The van der Waals surface area contributed by atoms with E-state index in [1.54, 1.807) is 18.2 Å². The zero-order valence-corrected chi connectivity index (χ0v) is 10.0. The molecule has 0 aliphatic carbocycles. The van der Waals surface area contributed by atoms with Gasteiger partial charge in [0.15, 0.2) is 5.17 Å². The fourth-order valence-electron chi connectivity index (χ4n) is 1.18. The van der Waals surface area contributed by atoms with E-state index in [-0.39, 0.29) is 4.90 Å². The van der Waals surface area contributed by atoms with Crippen LogP contribution in [-0.2, 0) is 10.0 Å². The number of hydrogen-bond acceptors (Lipinski definition) is 5. The maximum absolute atomic E-state index is 11.8. The van der Waals surface area contributed by atoms with Gasteiger partial charge in [-0.05, 0) is 12.1 Å². The summed E-state index contributed by atoms with van der Waals surface area (Å²) in [5, 5.41) is 0.611. The standard InChI is InChI=1S/C9H11N3O2S2/c13-16(14,8-4-2-1-3-5-8)12-11-9-10-6-7-15-9/h1-5,12H,6-7H2,(H,10,11). The summed E-state index contributed by atoms with van der Waals surface area (Å²) in [6, 6.07) is 8.19. The maximum atomic E-state index is 11.8. The van der Waals surface area contributed by atoms with E-state index in [4.69, 9.17) is 0 Å². The minimum absolute atomic E-state index is 0.228. The second-order valence-electron chi connectivity index (χ2n) is 3.08. The van der Waals surface area contributed by atoms with Gasteiger partial charge in [-0.2, -0.15) is 0 Å². The van der Waals surface area contributed by atoms with Gasteiger partial charge in [-0.3, -0.25) is 10.4 Å². The molecule has 0 saturated heterocycles. The lowest BCUT2D eigenvalue weighted by Crippen LogP contribution is -2.39. The monoisotopic (exact) mass is 257 g/mol. The Morgan fingerprint density at radius 2 is 2.00 bits per heavy atom. The van der Waals surface area contributed by atoms with Crippen LogP contribution in [0, 0.1) is 0 Å². The van der Waals surface area contributed by atoms with Gasteiger partial charge in [0.25, 0.3) is 10.0 Å². The third-order valence-electron chi connectivity index (χ3n) is 1.93. The van der Waals surface area contributed by atoms with Crippen LogP contribution in [0.3, 0.4) is 0 Å². The van der Waals surface area contributed by atoms with Crippen LogP contribution in [0.1, 0.15) is 0 Å². The molecule has 2 rings (SSSR count). The summed E-state index contributed by atoms with van der Waals surface area (Å²) in [5.74, 6) is 0.884. The van der Waals surface area contributed by atoms with Gasteiger partial charge in [-0.15, -0.1) is 4.83 Å². The number of hydrazine groups is 1. The van der Waals surface area contributed by atoms with Crippen molar-refractivity contribution in [1.29, 1.82) is 0 Å². The predicted octanol–water partition coefficient (Wildman–Crippen LogP) is 0.572. The molecule has 1 aromatic carbocycles. The Bertz CT molecular complexity index is 485. The number of hydrogen-bond donors (Lipinski definition) is 2. The van der Waals surface area contributed by atoms with Gasteiger partial charge in [-0.25, -0.2) is 8.42 Å². The molecule has 0 amide bonds. The summed E-state index contributed by atoms with van der Waals surface area (Å²) in [5.41, 5.74) is 2.60. The number of nitrogens with zero attached hydrogens (tertiary/aromatic N) is 1. The molecule has 0 bridgehead atoms. The summed E-state index contributed by atoms with van der Waals surface area (Å²) < 4.78 is 23.5. The minimum atomic E-state index is -3.50. The van der Waals surface area contributed by atoms with Gasteiger partial charge in [-0.1, -0.05) is 30.0 Å². The van der Waals surface area contributed by atoms with Gasteiger partial charge >= 0.3 is 0 Å². The van der Waals surface area contributed by atoms with Crippen LogP contribution in [-0.4, -0.2) is 25.9 Å². The molecule has 1 aliphatic heterocycles. The Morgan fingerprint density at radius 1 is 1.25 bits per heavy atom. The quantitative estimate of drug-likeness (QED) is 0.777. The third-order valence-corrected chi connectivity index (χ3v) is 4.09. The molecule has 0 saturated carbocycles. The number of aliphatic imine (C=N–C) groups is 1. The number of thioether (sulfide) groups is 1. The van der Waals surface area contributed by atoms with Crippen LogP contribution < -0.4 is 10.3 Å². The molecule has 2 N–H and O–H groups in total. The average Bonchev–Trinajstić information content (AvgIpc) is 2.81. The van der Waals surface area contributed by atoms with Crippen LogP contribution in [0.15, 0.2) is 40.2 Å². The van der Waals surface area contributed by atoms with Crippen molar-refractivity contribution in [3.05, 3.63) is 30.3 Å². The lowest BCUT2D eigenvalue weighted by Gasteiger charge is -2.07. The van der Waals surface area contributed by atoms with E-state index in [0.717, 1.165) is 12.3 Å². The van der Waals surface area contributed by atoms with E-state index >= 15 is 0 Å². The predicted molar refractivity (Wildman–Crippen MR) is 64.7 cm³/mol. The summed E-state index contributed by atoms with van der Waals surface area (Å²) in [6.07, 6.45) is 0. The molecule has 1 heterocycles. The van der Waals surface area contributed by atoms with Crippen molar-refractivity contribution < 1.29 is 8.42 Å². The highest BCUT2D eigenvalue weighted by Gasteiger charge is 2.14. The van der Waals surface area contributed by atoms with Crippen molar-refractivity contribution in [3.63, 3.8) is 0 Å². The molecule has 16 heavy (non-hydrogen) atoms. The van der Waals surface area contributed by atoms with Crippen LogP contribution >= 0.6 is 11.8 Å². The largest absolute Gasteiger partial charge is 0.287 e. The van der Waals surface area contributed by atoms with E-state index in [1.807, 2.05) is 0 Å². The fourth-order valence-corrected chi connectivity index (χ4v) is 2.79. The Kier molecular flexibility index (Phi) is 3.47. The highest BCUT2D eigenvalue weighted by Crippen LogP contribution is 2.09. The third kappa shape index (κ3) is 2.75. The van der Waals surface area contributed by atoms with Gasteiger partial charge < -0.3 is 0 Å². The van der Waals surface area contributed by atoms with E-state index in [2.05, 4.69) is 15.2 Å². The van der Waals surface area contributed by atoms with E-state index < -0.39 is 10.0 Å². The van der Waals surface area contributed by atoms with Gasteiger partial charge in [0.1, 0.15) is 0 Å². The first-order valence-electron chi connectivity index (χ1n) is 4.68. The zero-order valence-electron chi connectivity index (χ0n) is 8.38. The number of benzene rings is 1. The van der Waals surface area contributed by atoms with E-state index in [1.165, 1.54) is 23.9 Å². The Labute approximate surface area is 98.4 Å². The number of sulfonamides is 1. The highest BCUT2D eigenvalue weighted by molar-refractivity contribution is 8.14. The molecule has 1 aromatic rings. The molecule has 0 spiro atoms. The molecule has 0 unspecified atom stereocenters. The van der Waals surface area contributed by atoms with Crippen LogP contribution in [0.25, 0.3) is 0 Å². The minimum Gasteiger partial charge on any atom is -0.287 e. The Morgan fingerprint density at radius 3 is 2.62 bits per heavy atom. The SMILES string of the molecule is O=S(=O)(NNC1=NCCS1)c1ccccc1. The fraction of sp³-hybridized carbons (Fsp3) is 0.222. The maximum Gasteiger partial charge on any atom is 0.257 e. The molecule has 0 radical (unpaired) electrons. The second-order valence-corrected chi connectivity index (χ2v) is 5.84. The smallest absolute Gasteiger partial charge is 0.257 e. The summed E-state index contributed by atoms with van der Waals surface area (Å²) in [6.45, 7) is 0.722. The topological polar surface area (TPSA) is 70.6 Å². The summed E-state index contributed by atoms with van der Waals surface area (Å²) >= 11 is 1.49. The Hall–Kier alpha value is -1.05. The van der Waals surface area contributed by atoms with Crippen LogP contribution in [0.4, 0.5) is 0 Å². The van der Waals surface area contributed by atoms with Crippen molar-refractivity contribution in [1.82, 2.24) is 10.3 Å². The molecule has 5 nitrogen and oxygen atoms in total. The lowest BCUT2D eigenvalue weighted by atomic mass is 10.4. The first kappa shape index (κ1) is 11.4. The Balaban J connectivity index is 2.03. The first-order chi connectivity index (χ1) is 7.68. The zero-order chi connectivity index (χ0) is 11.4. The number of amidine groups is 1. The average molecular weight is 257 g/mol. The second kappa shape index (κ2) is 4.86. The van der Waals surface area contributed by atoms with Crippen LogP contribution in [0.5, 0.6) is 0 Å².